The lowest BCUT2D eigenvalue weighted by Crippen LogP contribution is -2.06. The lowest BCUT2D eigenvalue weighted by molar-refractivity contribution is 0.491. The molecule has 0 N–H and O–H groups in total. The fourth-order valence-electron chi connectivity index (χ4n) is 0.890. The largest absolute Gasteiger partial charge is 0.382 e. The van der Waals surface area contributed by atoms with Crippen LogP contribution in [0.3, 0.4) is 0 Å². The van der Waals surface area contributed by atoms with Crippen molar-refractivity contribution in [3.63, 3.8) is 0 Å². The quantitative estimate of drug-likeness (QED) is 0.606. The van der Waals surface area contributed by atoms with Gasteiger partial charge in [-0.3, -0.25) is 0 Å². The van der Waals surface area contributed by atoms with E-state index in [1.165, 1.54) is 0 Å². The van der Waals surface area contributed by atoms with Crippen LogP contribution in [0.4, 0.5) is 0 Å². The van der Waals surface area contributed by atoms with Gasteiger partial charge in [-0.05, 0) is 30.7 Å². The van der Waals surface area contributed by atoms with Crippen molar-refractivity contribution < 1.29 is 12.6 Å². The van der Waals surface area contributed by atoms with Crippen molar-refractivity contribution in [2.75, 3.05) is 6.26 Å². The van der Waals surface area contributed by atoms with E-state index in [9.17, 15) is 8.42 Å². The van der Waals surface area contributed by atoms with E-state index in [0.29, 0.717) is 5.75 Å². The van der Waals surface area contributed by atoms with Crippen LogP contribution in [0.15, 0.2) is 23.1 Å². The van der Waals surface area contributed by atoms with E-state index in [4.69, 9.17) is 4.18 Å². The molecular formula is C8H10O3S2. The molecule has 0 amide bonds. The number of rotatable bonds is 2. The predicted octanol–water partition coefficient (Wildman–Crippen LogP) is 1.62. The van der Waals surface area contributed by atoms with E-state index in [1.54, 1.807) is 25.1 Å². The third kappa shape index (κ3) is 3.28. The molecule has 0 radical (unpaired) electrons. The summed E-state index contributed by atoms with van der Waals surface area (Å²) in [6.07, 6.45) is 1.01. The first-order valence-corrected chi connectivity index (χ1v) is 5.84. The van der Waals surface area contributed by atoms with E-state index >= 15 is 0 Å². The van der Waals surface area contributed by atoms with Crippen LogP contribution in [0.25, 0.3) is 0 Å². The van der Waals surface area contributed by atoms with Crippen LogP contribution < -0.4 is 4.18 Å². The highest BCUT2D eigenvalue weighted by molar-refractivity contribution is 7.86. The number of thiol groups is 1. The molecule has 0 heterocycles. The van der Waals surface area contributed by atoms with Gasteiger partial charge in [0.05, 0.1) is 6.26 Å². The maximum Gasteiger partial charge on any atom is 0.306 e. The second-order valence-corrected chi connectivity index (χ2v) is 4.83. The molecule has 0 saturated heterocycles. The molecular weight excluding hydrogens is 208 g/mol. The smallest absolute Gasteiger partial charge is 0.306 e. The summed E-state index contributed by atoms with van der Waals surface area (Å²) in [5.74, 6) is 0.348. The molecule has 3 nitrogen and oxygen atoms in total. The number of hydrogen-bond acceptors (Lipinski definition) is 4. The average molecular weight is 218 g/mol. The molecule has 0 aliphatic heterocycles. The molecule has 0 aliphatic rings. The summed E-state index contributed by atoms with van der Waals surface area (Å²) in [6, 6.07) is 5.00. The van der Waals surface area contributed by atoms with Gasteiger partial charge in [0.1, 0.15) is 5.75 Å². The van der Waals surface area contributed by atoms with E-state index in [1.807, 2.05) is 0 Å². The Labute approximate surface area is 83.3 Å². The Morgan fingerprint density at radius 1 is 1.38 bits per heavy atom. The molecule has 0 aromatic heterocycles. The zero-order valence-electron chi connectivity index (χ0n) is 7.31. The van der Waals surface area contributed by atoms with Crippen LogP contribution in [0.2, 0.25) is 0 Å². The van der Waals surface area contributed by atoms with Crippen LogP contribution in [-0.2, 0) is 10.1 Å². The Bertz CT molecular complexity index is 409. The van der Waals surface area contributed by atoms with Crippen LogP contribution in [-0.4, -0.2) is 14.7 Å². The van der Waals surface area contributed by atoms with Gasteiger partial charge in [-0.25, -0.2) is 0 Å². The summed E-state index contributed by atoms with van der Waals surface area (Å²) in [5.41, 5.74) is 0.748. The van der Waals surface area contributed by atoms with E-state index in [-0.39, 0.29) is 0 Å². The first kappa shape index (κ1) is 10.4. The van der Waals surface area contributed by atoms with Crippen molar-refractivity contribution in [2.45, 2.75) is 11.8 Å². The van der Waals surface area contributed by atoms with Crippen molar-refractivity contribution >= 4 is 22.7 Å². The number of aryl methyl sites for hydroxylation is 1. The van der Waals surface area contributed by atoms with Crippen molar-refractivity contribution in [3.05, 3.63) is 23.8 Å². The van der Waals surface area contributed by atoms with E-state index < -0.39 is 10.1 Å². The van der Waals surface area contributed by atoms with Gasteiger partial charge in [0.2, 0.25) is 0 Å². The SMILES string of the molecule is Cc1cc(S)ccc1OS(C)(=O)=O. The Balaban J connectivity index is 3.04. The lowest BCUT2D eigenvalue weighted by Gasteiger charge is -2.05. The average Bonchev–Trinajstić information content (AvgIpc) is 1.93. The van der Waals surface area contributed by atoms with Gasteiger partial charge in [-0.1, -0.05) is 0 Å². The molecule has 1 aromatic rings. The molecule has 0 bridgehead atoms. The minimum Gasteiger partial charge on any atom is -0.382 e. The Morgan fingerprint density at radius 3 is 2.46 bits per heavy atom. The molecule has 0 spiro atoms. The van der Waals surface area contributed by atoms with Crippen LogP contribution in [0, 0.1) is 6.92 Å². The van der Waals surface area contributed by atoms with Crippen molar-refractivity contribution in [2.24, 2.45) is 0 Å². The van der Waals surface area contributed by atoms with Crippen LogP contribution >= 0.6 is 12.6 Å². The topological polar surface area (TPSA) is 43.4 Å². The fraction of sp³-hybridized carbons (Fsp3) is 0.250. The van der Waals surface area contributed by atoms with Gasteiger partial charge < -0.3 is 4.18 Å². The molecule has 0 atom stereocenters. The Morgan fingerprint density at radius 2 is 2.00 bits per heavy atom. The van der Waals surface area contributed by atoms with Crippen molar-refractivity contribution in [1.29, 1.82) is 0 Å². The third-order valence-electron chi connectivity index (χ3n) is 1.40. The summed E-state index contributed by atoms with van der Waals surface area (Å²) < 4.78 is 26.3. The maximum absolute atomic E-state index is 10.8. The van der Waals surface area contributed by atoms with E-state index in [2.05, 4.69) is 12.6 Å². The van der Waals surface area contributed by atoms with Crippen molar-refractivity contribution in [3.8, 4) is 5.75 Å². The van der Waals surface area contributed by atoms with Crippen LogP contribution in [0.5, 0.6) is 5.75 Å². The minimum atomic E-state index is -3.44. The maximum atomic E-state index is 10.8. The molecule has 0 aliphatic carbocycles. The summed E-state index contributed by atoms with van der Waals surface area (Å²) in [6.45, 7) is 1.76. The normalized spacial score (nSPS) is 11.3. The van der Waals surface area contributed by atoms with Crippen molar-refractivity contribution in [1.82, 2.24) is 0 Å². The fourth-order valence-corrected chi connectivity index (χ4v) is 1.67. The molecule has 0 saturated carbocycles. The molecule has 5 heteroatoms. The lowest BCUT2D eigenvalue weighted by atomic mass is 10.2. The molecule has 13 heavy (non-hydrogen) atoms. The zero-order chi connectivity index (χ0) is 10.1. The standard InChI is InChI=1S/C8H10O3S2/c1-6-5-7(12)3-4-8(6)11-13(2,9)10/h3-5,12H,1-2H3. The highest BCUT2D eigenvalue weighted by atomic mass is 32.2. The molecule has 0 fully saturated rings. The molecule has 72 valence electrons. The predicted molar refractivity (Wildman–Crippen MR) is 53.9 cm³/mol. The Kier molecular flexibility index (Phi) is 2.87. The first-order chi connectivity index (χ1) is 5.88. The zero-order valence-corrected chi connectivity index (χ0v) is 9.02. The minimum absolute atomic E-state index is 0.348. The van der Waals surface area contributed by atoms with Gasteiger partial charge in [-0.15, -0.1) is 12.6 Å². The monoisotopic (exact) mass is 218 g/mol. The van der Waals surface area contributed by atoms with Gasteiger partial charge in [0, 0.05) is 4.90 Å². The van der Waals surface area contributed by atoms with Gasteiger partial charge in [0.25, 0.3) is 0 Å². The molecule has 1 rings (SSSR count). The summed E-state index contributed by atoms with van der Waals surface area (Å²) >= 11 is 4.11. The molecule has 0 unspecified atom stereocenters. The summed E-state index contributed by atoms with van der Waals surface area (Å²) in [7, 11) is -3.44. The van der Waals surface area contributed by atoms with Crippen LogP contribution in [0.1, 0.15) is 5.56 Å². The Hall–Kier alpha value is -0.680. The first-order valence-electron chi connectivity index (χ1n) is 3.57. The second-order valence-electron chi connectivity index (χ2n) is 2.74. The number of benzene rings is 1. The van der Waals surface area contributed by atoms with Gasteiger partial charge in [0.15, 0.2) is 0 Å². The molecule has 1 aromatic carbocycles. The van der Waals surface area contributed by atoms with E-state index in [0.717, 1.165) is 16.7 Å². The van der Waals surface area contributed by atoms with Gasteiger partial charge >= 0.3 is 10.1 Å². The van der Waals surface area contributed by atoms with Gasteiger partial charge in [-0.2, -0.15) is 8.42 Å². The second kappa shape index (κ2) is 3.59. The number of hydrogen-bond donors (Lipinski definition) is 1. The third-order valence-corrected chi connectivity index (χ3v) is 2.16. The summed E-state index contributed by atoms with van der Waals surface area (Å²) in [5, 5.41) is 0. The highest BCUT2D eigenvalue weighted by Crippen LogP contribution is 2.21. The summed E-state index contributed by atoms with van der Waals surface area (Å²) in [4.78, 5) is 0.776. The highest BCUT2D eigenvalue weighted by Gasteiger charge is 2.06.